The summed E-state index contributed by atoms with van der Waals surface area (Å²) < 4.78 is 5.35. The van der Waals surface area contributed by atoms with E-state index in [0.717, 1.165) is 37.6 Å². The maximum Gasteiger partial charge on any atom is 0.304 e. The molecule has 0 saturated carbocycles. The zero-order chi connectivity index (χ0) is 15.1. The Bertz CT molecular complexity index is 499. The van der Waals surface area contributed by atoms with Gasteiger partial charge in [-0.25, -0.2) is 0 Å². The fourth-order valence-corrected chi connectivity index (χ4v) is 2.36. The van der Waals surface area contributed by atoms with E-state index in [4.69, 9.17) is 16.3 Å². The summed E-state index contributed by atoms with van der Waals surface area (Å²) in [5.74, 6) is 2.48. The summed E-state index contributed by atoms with van der Waals surface area (Å²) >= 11 is 0. The third-order valence-corrected chi connectivity index (χ3v) is 3.54. The average molecular weight is 288 g/mol. The molecule has 0 amide bonds. The molecular weight excluding hydrogens is 268 g/mol. The van der Waals surface area contributed by atoms with Crippen LogP contribution in [0.5, 0.6) is 5.75 Å². The van der Waals surface area contributed by atoms with Crippen molar-refractivity contribution in [2.24, 2.45) is 0 Å². The van der Waals surface area contributed by atoms with Crippen molar-refractivity contribution in [3.8, 4) is 18.1 Å². The van der Waals surface area contributed by atoms with Crippen molar-refractivity contribution in [1.82, 2.24) is 4.90 Å². The van der Waals surface area contributed by atoms with E-state index in [0.29, 0.717) is 6.54 Å². The normalized spacial score (nSPS) is 15.5. The van der Waals surface area contributed by atoms with Gasteiger partial charge in [0, 0.05) is 38.4 Å². The van der Waals surface area contributed by atoms with Gasteiger partial charge in [0.25, 0.3) is 0 Å². The topological polar surface area (TPSA) is 53.0 Å². The van der Waals surface area contributed by atoms with Crippen molar-refractivity contribution in [3.05, 3.63) is 24.3 Å². The van der Waals surface area contributed by atoms with Crippen LogP contribution in [-0.4, -0.2) is 55.3 Å². The molecule has 0 unspecified atom stereocenters. The molecule has 1 aliphatic heterocycles. The molecule has 1 fully saturated rings. The minimum atomic E-state index is -0.736. The van der Waals surface area contributed by atoms with Gasteiger partial charge in [0.15, 0.2) is 0 Å². The van der Waals surface area contributed by atoms with E-state index < -0.39 is 5.97 Å². The first-order valence-corrected chi connectivity index (χ1v) is 7.04. The fraction of sp³-hybridized carbons (Fsp3) is 0.438. The van der Waals surface area contributed by atoms with Crippen LogP contribution in [-0.2, 0) is 4.79 Å². The molecule has 1 aromatic rings. The van der Waals surface area contributed by atoms with Gasteiger partial charge in [0.2, 0.25) is 0 Å². The molecule has 0 radical (unpaired) electrons. The molecule has 0 atom stereocenters. The van der Waals surface area contributed by atoms with Crippen LogP contribution in [0.15, 0.2) is 24.3 Å². The summed E-state index contributed by atoms with van der Waals surface area (Å²) in [4.78, 5) is 15.1. The Labute approximate surface area is 125 Å². The number of terminal acetylenes is 1. The van der Waals surface area contributed by atoms with Gasteiger partial charge in [-0.05, 0) is 24.3 Å². The minimum Gasteiger partial charge on any atom is -0.481 e. The van der Waals surface area contributed by atoms with Crippen molar-refractivity contribution >= 4 is 11.7 Å². The van der Waals surface area contributed by atoms with E-state index in [1.807, 2.05) is 24.3 Å². The number of aliphatic carboxylic acids is 1. The Kier molecular flexibility index (Phi) is 5.47. The quantitative estimate of drug-likeness (QED) is 0.800. The lowest BCUT2D eigenvalue weighted by Crippen LogP contribution is -2.46. The van der Waals surface area contributed by atoms with Crippen molar-refractivity contribution < 1.29 is 14.6 Å². The number of hydrogen-bond acceptors (Lipinski definition) is 4. The number of ether oxygens (including phenoxy) is 1. The molecule has 0 aromatic heterocycles. The number of benzene rings is 1. The van der Waals surface area contributed by atoms with Crippen LogP contribution in [0, 0.1) is 12.3 Å². The fourth-order valence-electron chi connectivity index (χ4n) is 2.36. The highest BCUT2D eigenvalue weighted by Crippen LogP contribution is 2.20. The van der Waals surface area contributed by atoms with Gasteiger partial charge in [-0.3, -0.25) is 9.69 Å². The Morgan fingerprint density at radius 2 is 1.90 bits per heavy atom. The van der Waals surface area contributed by atoms with Gasteiger partial charge >= 0.3 is 5.97 Å². The van der Waals surface area contributed by atoms with Crippen LogP contribution in [0.3, 0.4) is 0 Å². The van der Waals surface area contributed by atoms with Gasteiger partial charge in [0.05, 0.1) is 6.42 Å². The van der Waals surface area contributed by atoms with E-state index >= 15 is 0 Å². The minimum absolute atomic E-state index is 0.210. The van der Waals surface area contributed by atoms with E-state index in [1.165, 1.54) is 0 Å². The first kappa shape index (κ1) is 15.2. The van der Waals surface area contributed by atoms with Crippen LogP contribution in [0.2, 0.25) is 0 Å². The lowest BCUT2D eigenvalue weighted by Gasteiger charge is -2.35. The molecule has 0 bridgehead atoms. The van der Waals surface area contributed by atoms with Crippen LogP contribution in [0.25, 0.3) is 0 Å². The number of rotatable bonds is 6. The summed E-state index contributed by atoms with van der Waals surface area (Å²) in [6.07, 6.45) is 5.36. The SMILES string of the molecule is C#CCOc1ccc(N2CCN(CCC(=O)O)CC2)cc1. The monoisotopic (exact) mass is 288 g/mol. The van der Waals surface area contributed by atoms with Gasteiger partial charge < -0.3 is 14.7 Å². The molecule has 112 valence electrons. The standard InChI is InChI=1S/C16H20N2O3/c1-2-13-21-15-5-3-14(4-6-15)18-11-9-17(10-12-18)8-7-16(19)20/h1,3-6H,7-13H2,(H,19,20). The highest BCUT2D eigenvalue weighted by molar-refractivity contribution is 5.66. The predicted octanol–water partition coefficient (Wildman–Crippen LogP) is 1.30. The molecule has 5 heteroatoms. The smallest absolute Gasteiger partial charge is 0.304 e. The highest BCUT2D eigenvalue weighted by atomic mass is 16.5. The van der Waals surface area contributed by atoms with E-state index in [-0.39, 0.29) is 13.0 Å². The van der Waals surface area contributed by atoms with Crippen LogP contribution < -0.4 is 9.64 Å². The molecule has 0 aliphatic carbocycles. The predicted molar refractivity (Wildman–Crippen MR) is 81.7 cm³/mol. The Morgan fingerprint density at radius 3 is 2.48 bits per heavy atom. The molecule has 21 heavy (non-hydrogen) atoms. The molecular formula is C16H20N2O3. The Balaban J connectivity index is 1.82. The lowest BCUT2D eigenvalue weighted by atomic mass is 10.2. The largest absolute Gasteiger partial charge is 0.481 e. The van der Waals surface area contributed by atoms with Crippen molar-refractivity contribution in [1.29, 1.82) is 0 Å². The Morgan fingerprint density at radius 1 is 1.24 bits per heavy atom. The van der Waals surface area contributed by atoms with Crippen LogP contribution in [0.4, 0.5) is 5.69 Å². The molecule has 1 aliphatic rings. The summed E-state index contributed by atoms with van der Waals surface area (Å²) in [6, 6.07) is 7.89. The number of hydrogen-bond donors (Lipinski definition) is 1. The number of carboxylic acids is 1. The first-order valence-electron chi connectivity index (χ1n) is 7.04. The second-order valence-electron chi connectivity index (χ2n) is 4.96. The maximum absolute atomic E-state index is 10.6. The Hall–Kier alpha value is -2.19. The summed E-state index contributed by atoms with van der Waals surface area (Å²) in [7, 11) is 0. The van der Waals surface area contributed by atoms with Crippen LogP contribution in [0.1, 0.15) is 6.42 Å². The molecule has 0 spiro atoms. The third kappa shape index (κ3) is 4.69. The number of nitrogens with zero attached hydrogens (tertiary/aromatic N) is 2. The van der Waals surface area contributed by atoms with Gasteiger partial charge in [-0.1, -0.05) is 5.92 Å². The van der Waals surface area contributed by atoms with Crippen molar-refractivity contribution in [3.63, 3.8) is 0 Å². The zero-order valence-corrected chi connectivity index (χ0v) is 12.0. The number of carboxylic acid groups (broad SMARTS) is 1. The summed E-state index contributed by atoms with van der Waals surface area (Å²) in [5.41, 5.74) is 1.15. The number of carbonyl (C=O) groups is 1. The van der Waals surface area contributed by atoms with E-state index in [1.54, 1.807) is 0 Å². The van der Waals surface area contributed by atoms with Gasteiger partial charge in [-0.2, -0.15) is 0 Å². The molecule has 5 nitrogen and oxygen atoms in total. The number of anilines is 1. The van der Waals surface area contributed by atoms with Gasteiger partial charge in [-0.15, -0.1) is 6.42 Å². The third-order valence-electron chi connectivity index (χ3n) is 3.54. The molecule has 1 N–H and O–H groups in total. The average Bonchev–Trinajstić information content (AvgIpc) is 2.52. The van der Waals surface area contributed by atoms with Gasteiger partial charge in [0.1, 0.15) is 12.4 Å². The van der Waals surface area contributed by atoms with Crippen molar-refractivity contribution in [2.75, 3.05) is 44.2 Å². The molecule has 1 heterocycles. The second-order valence-corrected chi connectivity index (χ2v) is 4.96. The molecule has 2 rings (SSSR count). The first-order chi connectivity index (χ1) is 10.2. The second kappa shape index (κ2) is 7.55. The van der Waals surface area contributed by atoms with Crippen molar-refractivity contribution in [2.45, 2.75) is 6.42 Å². The highest BCUT2D eigenvalue weighted by Gasteiger charge is 2.17. The summed E-state index contributed by atoms with van der Waals surface area (Å²) in [5, 5.41) is 8.70. The van der Waals surface area contributed by atoms with E-state index in [9.17, 15) is 4.79 Å². The lowest BCUT2D eigenvalue weighted by molar-refractivity contribution is -0.137. The molecule has 1 aromatic carbocycles. The molecule has 1 saturated heterocycles. The number of piperazine rings is 1. The van der Waals surface area contributed by atoms with E-state index in [2.05, 4.69) is 15.7 Å². The zero-order valence-electron chi connectivity index (χ0n) is 12.0. The summed E-state index contributed by atoms with van der Waals surface area (Å²) in [6.45, 7) is 4.50. The van der Waals surface area contributed by atoms with Crippen LogP contribution >= 0.6 is 0 Å². The maximum atomic E-state index is 10.6.